The second-order valence-electron chi connectivity index (χ2n) is 10.6. The Bertz CT molecular complexity index is 1500. The van der Waals surface area contributed by atoms with Crippen LogP contribution in [0.1, 0.15) is 29.8 Å². The van der Waals surface area contributed by atoms with E-state index < -0.39 is 22.2 Å². The minimum atomic E-state index is -3.95. The van der Waals surface area contributed by atoms with Gasteiger partial charge >= 0.3 is 0 Å². The number of likely N-dealkylation sites (N-methyl/N-ethyl adjacent to an activating group) is 1. The molecule has 0 radical (unpaired) electrons. The number of sulfonamides is 1. The van der Waals surface area contributed by atoms with E-state index in [-0.39, 0.29) is 47.1 Å². The monoisotopic (exact) mass is 581 g/mol. The number of aliphatic hydroxyl groups excluding tert-OH is 1. The Balaban J connectivity index is 1.46. The molecule has 3 aromatic rings. The van der Waals surface area contributed by atoms with Crippen LogP contribution in [0.15, 0.2) is 71.6 Å². The molecule has 2 heterocycles. The van der Waals surface area contributed by atoms with E-state index in [1.807, 2.05) is 32.2 Å². The lowest BCUT2D eigenvalue weighted by molar-refractivity contribution is 0.0344. The topological polar surface area (TPSA) is 118 Å². The van der Waals surface area contributed by atoms with Gasteiger partial charge in [-0.2, -0.15) is 0 Å². The first-order chi connectivity index (χ1) is 19.7. The van der Waals surface area contributed by atoms with Gasteiger partial charge in [-0.15, -0.1) is 0 Å². The van der Waals surface area contributed by atoms with Crippen molar-refractivity contribution < 1.29 is 32.5 Å². The van der Waals surface area contributed by atoms with E-state index in [1.54, 1.807) is 48.2 Å². The Kier molecular flexibility index (Phi) is 8.39. The number of nitrogens with zero attached hydrogens (tertiary/aromatic N) is 2. The summed E-state index contributed by atoms with van der Waals surface area (Å²) in [5.41, 5.74) is 1.44. The molecule has 0 aliphatic carbocycles. The molecule has 0 saturated carbocycles. The van der Waals surface area contributed by atoms with Crippen LogP contribution in [0.3, 0.4) is 0 Å². The standard InChI is InChI=1S/C30H35N3O7S/c1-20-15-33(21(2)18-34)30(35)24-10-7-11-25(31-41(36,37)23-8-5-4-6-9-23)29(24)40-28(20)17-32(3)16-22-12-13-26-27(14-22)39-19-38-26/h4-14,20-21,28,31,34H,15-19H2,1-3H3/t20-,21+,28-/m0/s1. The van der Waals surface area contributed by atoms with E-state index in [0.29, 0.717) is 25.4 Å². The fourth-order valence-electron chi connectivity index (χ4n) is 5.07. The number of carbonyl (C=O) groups excluding carboxylic acids is 1. The number of hydrogen-bond donors (Lipinski definition) is 2. The predicted molar refractivity (Wildman–Crippen MR) is 154 cm³/mol. The number of carbonyl (C=O) groups is 1. The summed E-state index contributed by atoms with van der Waals surface area (Å²) < 4.78 is 46.6. The molecule has 0 spiro atoms. The normalized spacial score (nSPS) is 19.2. The van der Waals surface area contributed by atoms with Crippen LogP contribution in [0.2, 0.25) is 0 Å². The van der Waals surface area contributed by atoms with Crippen molar-refractivity contribution in [1.29, 1.82) is 0 Å². The van der Waals surface area contributed by atoms with Gasteiger partial charge in [0.1, 0.15) is 6.10 Å². The molecular weight excluding hydrogens is 546 g/mol. The molecule has 218 valence electrons. The quantitative estimate of drug-likeness (QED) is 0.394. The lowest BCUT2D eigenvalue weighted by Crippen LogP contribution is -2.49. The largest absolute Gasteiger partial charge is 0.486 e. The van der Waals surface area contributed by atoms with Crippen LogP contribution in [-0.4, -0.2) is 74.9 Å². The molecular formula is C30H35N3O7S. The van der Waals surface area contributed by atoms with Crippen molar-refractivity contribution in [1.82, 2.24) is 9.80 Å². The van der Waals surface area contributed by atoms with Crippen LogP contribution < -0.4 is 18.9 Å². The van der Waals surface area contributed by atoms with Gasteiger partial charge in [-0.05, 0) is 55.9 Å². The molecule has 41 heavy (non-hydrogen) atoms. The van der Waals surface area contributed by atoms with E-state index in [1.165, 1.54) is 12.1 Å². The Morgan fingerprint density at radius 1 is 1.07 bits per heavy atom. The third-order valence-electron chi connectivity index (χ3n) is 7.37. The maximum absolute atomic E-state index is 13.7. The molecule has 3 aromatic carbocycles. The first-order valence-corrected chi connectivity index (χ1v) is 15.0. The molecule has 0 aromatic heterocycles. The number of para-hydroxylation sites is 1. The van der Waals surface area contributed by atoms with Crippen LogP contribution in [-0.2, 0) is 16.6 Å². The molecule has 3 atom stereocenters. The van der Waals surface area contributed by atoms with E-state index in [2.05, 4.69) is 9.62 Å². The predicted octanol–water partition coefficient (Wildman–Crippen LogP) is 3.57. The number of anilines is 1. The Morgan fingerprint density at radius 3 is 2.59 bits per heavy atom. The number of nitrogens with one attached hydrogen (secondary N) is 1. The summed E-state index contributed by atoms with van der Waals surface area (Å²) in [6.07, 6.45) is -0.406. The SMILES string of the molecule is C[C@H](CO)N1C[C@H](C)[C@H](CN(C)Cc2ccc3c(c2)OCO3)Oc2c(NS(=O)(=O)c3ccccc3)cccc2C1=O. The fourth-order valence-corrected chi connectivity index (χ4v) is 6.15. The highest BCUT2D eigenvalue weighted by Gasteiger charge is 2.35. The maximum Gasteiger partial charge on any atom is 0.262 e. The minimum absolute atomic E-state index is 0.0960. The third kappa shape index (κ3) is 6.27. The van der Waals surface area contributed by atoms with Crippen molar-refractivity contribution in [3.63, 3.8) is 0 Å². The Hall–Kier alpha value is -3.80. The van der Waals surface area contributed by atoms with Gasteiger partial charge in [0.2, 0.25) is 6.79 Å². The summed E-state index contributed by atoms with van der Waals surface area (Å²) >= 11 is 0. The van der Waals surface area contributed by atoms with Gasteiger partial charge in [0.25, 0.3) is 15.9 Å². The number of ether oxygens (including phenoxy) is 3. The number of fused-ring (bicyclic) bond motifs is 2. The summed E-state index contributed by atoms with van der Waals surface area (Å²) in [5.74, 6) is 1.13. The van der Waals surface area contributed by atoms with Gasteiger partial charge < -0.3 is 24.2 Å². The van der Waals surface area contributed by atoms with Crippen molar-refractivity contribution in [2.75, 3.05) is 38.3 Å². The average molecular weight is 582 g/mol. The highest BCUT2D eigenvalue weighted by atomic mass is 32.2. The maximum atomic E-state index is 13.7. The third-order valence-corrected chi connectivity index (χ3v) is 8.75. The van der Waals surface area contributed by atoms with Crippen molar-refractivity contribution in [2.45, 2.75) is 37.4 Å². The van der Waals surface area contributed by atoms with Crippen LogP contribution in [0, 0.1) is 5.92 Å². The molecule has 5 rings (SSSR count). The number of hydrogen-bond acceptors (Lipinski definition) is 8. The highest BCUT2D eigenvalue weighted by Crippen LogP contribution is 2.36. The smallest absolute Gasteiger partial charge is 0.262 e. The van der Waals surface area contributed by atoms with E-state index in [4.69, 9.17) is 14.2 Å². The Morgan fingerprint density at radius 2 is 1.83 bits per heavy atom. The minimum Gasteiger partial charge on any atom is -0.486 e. The molecule has 2 aliphatic heterocycles. The van der Waals surface area contributed by atoms with Gasteiger partial charge in [-0.3, -0.25) is 14.4 Å². The van der Waals surface area contributed by atoms with Crippen LogP contribution in [0.5, 0.6) is 17.2 Å². The zero-order chi connectivity index (χ0) is 29.1. The first kappa shape index (κ1) is 28.7. The molecule has 0 unspecified atom stereocenters. The van der Waals surface area contributed by atoms with Gasteiger partial charge in [-0.25, -0.2) is 8.42 Å². The molecule has 2 aliphatic rings. The molecule has 0 fully saturated rings. The number of aliphatic hydroxyl groups is 1. The zero-order valence-electron chi connectivity index (χ0n) is 23.3. The molecule has 11 heteroatoms. The average Bonchev–Trinajstić information content (AvgIpc) is 3.43. The highest BCUT2D eigenvalue weighted by molar-refractivity contribution is 7.92. The van der Waals surface area contributed by atoms with Gasteiger partial charge in [0.05, 0.1) is 28.8 Å². The van der Waals surface area contributed by atoms with E-state index >= 15 is 0 Å². The number of rotatable bonds is 9. The first-order valence-electron chi connectivity index (χ1n) is 13.5. The zero-order valence-corrected chi connectivity index (χ0v) is 24.1. The molecule has 1 amide bonds. The second-order valence-corrected chi connectivity index (χ2v) is 12.3. The van der Waals surface area contributed by atoms with E-state index in [9.17, 15) is 18.3 Å². The lowest BCUT2D eigenvalue weighted by Gasteiger charge is -2.38. The van der Waals surface area contributed by atoms with Gasteiger partial charge in [-0.1, -0.05) is 37.3 Å². The number of amides is 1. The molecule has 2 N–H and O–H groups in total. The van der Waals surface area contributed by atoms with Crippen LogP contribution in [0.4, 0.5) is 5.69 Å². The molecule has 0 saturated heterocycles. The fraction of sp³-hybridized carbons (Fsp3) is 0.367. The number of benzene rings is 3. The summed E-state index contributed by atoms with van der Waals surface area (Å²) in [6, 6.07) is 18.3. The Labute approximate surface area is 240 Å². The van der Waals surface area contributed by atoms with E-state index in [0.717, 1.165) is 11.3 Å². The van der Waals surface area contributed by atoms with Crippen molar-refractivity contribution >= 4 is 21.6 Å². The lowest BCUT2D eigenvalue weighted by atomic mass is 9.99. The summed E-state index contributed by atoms with van der Waals surface area (Å²) in [6.45, 7) is 5.24. The van der Waals surface area contributed by atoms with Crippen LogP contribution >= 0.6 is 0 Å². The van der Waals surface area contributed by atoms with Gasteiger partial charge in [0, 0.05) is 25.6 Å². The molecule has 10 nitrogen and oxygen atoms in total. The van der Waals surface area contributed by atoms with Crippen molar-refractivity contribution in [3.05, 3.63) is 77.9 Å². The van der Waals surface area contributed by atoms with Crippen LogP contribution in [0.25, 0.3) is 0 Å². The molecule has 0 bridgehead atoms. The second kappa shape index (κ2) is 12.0. The van der Waals surface area contributed by atoms with Gasteiger partial charge in [0.15, 0.2) is 17.2 Å². The van der Waals surface area contributed by atoms with Crippen molar-refractivity contribution in [2.24, 2.45) is 5.92 Å². The van der Waals surface area contributed by atoms with Crippen molar-refractivity contribution in [3.8, 4) is 17.2 Å². The summed E-state index contributed by atoms with van der Waals surface area (Å²) in [4.78, 5) is 17.5. The summed E-state index contributed by atoms with van der Waals surface area (Å²) in [7, 11) is -1.97. The summed E-state index contributed by atoms with van der Waals surface area (Å²) in [5, 5.41) is 9.93.